The molecule has 0 radical (unpaired) electrons. The van der Waals surface area contributed by atoms with Crippen LogP contribution in [0.25, 0.3) is 11.1 Å². The summed E-state index contributed by atoms with van der Waals surface area (Å²) in [5, 5.41) is 26.5. The molecule has 4 saturated carbocycles. The first kappa shape index (κ1) is 36.1. The van der Waals surface area contributed by atoms with Crippen LogP contribution in [-0.2, 0) is 20.8 Å². The SMILES string of the molecule is Cc1cc(C(=O)c2ccc(-c3cnn(CC45CC6(OCCNCC[C@H]7COC(C)(C)O7)C[C@](C)(C4)C[C@](C)(C5)C6)c3C)c(C(=O)O)n2)nnc1Cl. The molecular formula is C38H49ClN6O6. The van der Waals surface area contributed by atoms with Crippen molar-refractivity contribution in [3.63, 3.8) is 0 Å². The Kier molecular flexibility index (Phi) is 9.18. The van der Waals surface area contributed by atoms with Crippen molar-refractivity contribution in [2.45, 2.75) is 111 Å². The van der Waals surface area contributed by atoms with Crippen molar-refractivity contribution in [1.82, 2.24) is 30.3 Å². The summed E-state index contributed by atoms with van der Waals surface area (Å²) in [6.07, 6.45) is 9.30. The van der Waals surface area contributed by atoms with Crippen LogP contribution in [0.15, 0.2) is 24.4 Å². The van der Waals surface area contributed by atoms with E-state index in [1.54, 1.807) is 19.2 Å². The maximum Gasteiger partial charge on any atom is 0.355 e. The summed E-state index contributed by atoms with van der Waals surface area (Å²) in [6.45, 7) is 16.1. The number of carbonyl (C=O) groups is 2. The molecule has 51 heavy (non-hydrogen) atoms. The van der Waals surface area contributed by atoms with Gasteiger partial charge in [-0.2, -0.15) is 5.10 Å². The summed E-state index contributed by atoms with van der Waals surface area (Å²) < 4.78 is 20.6. The number of nitrogens with zero attached hydrogens (tertiary/aromatic N) is 5. The lowest BCUT2D eigenvalue weighted by atomic mass is 9.39. The molecule has 0 aromatic carbocycles. The van der Waals surface area contributed by atoms with E-state index in [1.807, 2.05) is 25.5 Å². The number of pyridine rings is 1. The minimum Gasteiger partial charge on any atom is -0.476 e. The predicted octanol–water partition coefficient (Wildman–Crippen LogP) is 6.20. The summed E-state index contributed by atoms with van der Waals surface area (Å²) in [4.78, 5) is 29.9. The quantitative estimate of drug-likeness (QED) is 0.153. The molecule has 3 aromatic heterocycles. The van der Waals surface area contributed by atoms with Crippen molar-refractivity contribution in [1.29, 1.82) is 0 Å². The van der Waals surface area contributed by atoms with E-state index in [4.69, 9.17) is 30.9 Å². The summed E-state index contributed by atoms with van der Waals surface area (Å²) in [5.74, 6) is -2.26. The Hall–Kier alpha value is -3.29. The Balaban J connectivity index is 1.06. The van der Waals surface area contributed by atoms with Gasteiger partial charge in [0.05, 0.1) is 31.1 Å². The first-order chi connectivity index (χ1) is 24.0. The fourth-order valence-electron chi connectivity index (χ4n) is 10.7. The van der Waals surface area contributed by atoms with E-state index in [0.717, 1.165) is 63.9 Å². The minimum atomic E-state index is -1.23. The number of nitrogens with one attached hydrogen (secondary N) is 1. The summed E-state index contributed by atoms with van der Waals surface area (Å²) in [5.41, 5.74) is 2.54. The molecule has 2 N–H and O–H groups in total. The molecule has 2 unspecified atom stereocenters. The summed E-state index contributed by atoms with van der Waals surface area (Å²) >= 11 is 5.98. The molecule has 1 saturated heterocycles. The van der Waals surface area contributed by atoms with Crippen molar-refractivity contribution in [3.05, 3.63) is 57.9 Å². The first-order valence-corrected chi connectivity index (χ1v) is 18.4. The van der Waals surface area contributed by atoms with Gasteiger partial charge in [0.1, 0.15) is 11.4 Å². The molecule has 274 valence electrons. The Bertz CT molecular complexity index is 1840. The van der Waals surface area contributed by atoms with Crippen molar-refractivity contribution < 1.29 is 28.9 Å². The van der Waals surface area contributed by atoms with E-state index in [1.165, 1.54) is 18.6 Å². The number of hydrogen-bond donors (Lipinski definition) is 2. The third kappa shape index (κ3) is 7.22. The van der Waals surface area contributed by atoms with Gasteiger partial charge in [-0.05, 0) is 119 Å². The largest absolute Gasteiger partial charge is 0.476 e. The van der Waals surface area contributed by atoms with Gasteiger partial charge in [0.2, 0.25) is 5.78 Å². The van der Waals surface area contributed by atoms with Crippen molar-refractivity contribution in [3.8, 4) is 11.1 Å². The van der Waals surface area contributed by atoms with Crippen LogP contribution in [0, 0.1) is 30.1 Å². The predicted molar refractivity (Wildman–Crippen MR) is 190 cm³/mol. The normalized spacial score (nSPS) is 30.6. The fourth-order valence-corrected chi connectivity index (χ4v) is 10.7. The molecule has 0 amide bonds. The smallest absolute Gasteiger partial charge is 0.355 e. The molecule has 0 spiro atoms. The van der Waals surface area contributed by atoms with Crippen LogP contribution < -0.4 is 5.32 Å². The van der Waals surface area contributed by atoms with E-state index in [9.17, 15) is 14.7 Å². The average molecular weight is 721 g/mol. The Morgan fingerprint density at radius 2 is 1.75 bits per heavy atom. The maximum atomic E-state index is 13.2. The van der Waals surface area contributed by atoms with Gasteiger partial charge in [-0.1, -0.05) is 25.4 Å². The van der Waals surface area contributed by atoms with Crippen molar-refractivity contribution in [2.75, 3.05) is 26.3 Å². The van der Waals surface area contributed by atoms with Crippen LogP contribution in [0.3, 0.4) is 0 Å². The number of aryl methyl sites for hydroxylation is 1. The number of halogens is 1. The third-order valence-corrected chi connectivity index (χ3v) is 11.8. The van der Waals surface area contributed by atoms with Crippen molar-refractivity contribution >= 4 is 23.4 Å². The second kappa shape index (κ2) is 13.0. The molecule has 5 aliphatic rings. The average Bonchev–Trinajstić information content (AvgIpc) is 3.57. The number of carboxylic acids is 1. The molecule has 8 rings (SSSR count). The molecule has 4 aliphatic carbocycles. The van der Waals surface area contributed by atoms with E-state index in [2.05, 4.69) is 34.3 Å². The van der Waals surface area contributed by atoms with Crippen LogP contribution in [0.5, 0.6) is 0 Å². The van der Waals surface area contributed by atoms with Gasteiger partial charge in [0.15, 0.2) is 16.6 Å². The van der Waals surface area contributed by atoms with Gasteiger partial charge in [0.25, 0.3) is 0 Å². The molecular weight excluding hydrogens is 672 g/mol. The monoisotopic (exact) mass is 720 g/mol. The molecule has 12 nitrogen and oxygen atoms in total. The molecule has 13 heteroatoms. The van der Waals surface area contributed by atoms with Crippen LogP contribution in [0.1, 0.15) is 111 Å². The van der Waals surface area contributed by atoms with Crippen LogP contribution in [0.4, 0.5) is 0 Å². The molecule has 5 fully saturated rings. The highest BCUT2D eigenvalue weighted by Crippen LogP contribution is 2.72. The lowest BCUT2D eigenvalue weighted by Gasteiger charge is -2.69. The van der Waals surface area contributed by atoms with E-state index in [-0.39, 0.29) is 50.2 Å². The second-order valence-corrected chi connectivity index (χ2v) is 17.3. The number of ether oxygens (including phenoxy) is 3. The number of aromatic nitrogens is 5. The van der Waals surface area contributed by atoms with Crippen LogP contribution >= 0.6 is 11.6 Å². The Morgan fingerprint density at radius 1 is 1.00 bits per heavy atom. The number of ketones is 1. The van der Waals surface area contributed by atoms with Gasteiger partial charge in [0, 0.05) is 29.9 Å². The second-order valence-electron chi connectivity index (χ2n) is 16.9. The Labute approximate surface area is 304 Å². The molecule has 4 bridgehead atoms. The van der Waals surface area contributed by atoms with Gasteiger partial charge >= 0.3 is 5.97 Å². The summed E-state index contributed by atoms with van der Waals surface area (Å²) in [6, 6.07) is 4.68. The number of rotatable bonds is 13. The number of aromatic carboxylic acids is 1. The molecule has 4 heterocycles. The number of carbonyl (C=O) groups excluding carboxylic acids is 1. The number of carboxylic acid groups (broad SMARTS) is 1. The topological polar surface area (TPSA) is 151 Å². The zero-order valence-electron chi connectivity index (χ0n) is 30.5. The van der Waals surface area contributed by atoms with Crippen molar-refractivity contribution in [2.24, 2.45) is 16.2 Å². The zero-order chi connectivity index (χ0) is 36.4. The van der Waals surface area contributed by atoms with Gasteiger partial charge in [-0.3, -0.25) is 9.48 Å². The van der Waals surface area contributed by atoms with Gasteiger partial charge in [-0.15, -0.1) is 10.2 Å². The fraction of sp³-hybridized carbons (Fsp3) is 0.632. The van der Waals surface area contributed by atoms with Gasteiger partial charge in [-0.25, -0.2) is 9.78 Å². The lowest BCUT2D eigenvalue weighted by Crippen LogP contribution is -2.64. The Morgan fingerprint density at radius 3 is 2.41 bits per heavy atom. The highest BCUT2D eigenvalue weighted by atomic mass is 35.5. The highest BCUT2D eigenvalue weighted by Gasteiger charge is 2.66. The maximum absolute atomic E-state index is 13.2. The molecule has 5 atom stereocenters. The van der Waals surface area contributed by atoms with E-state index < -0.39 is 17.5 Å². The third-order valence-electron chi connectivity index (χ3n) is 11.4. The van der Waals surface area contributed by atoms with E-state index >= 15 is 0 Å². The zero-order valence-corrected chi connectivity index (χ0v) is 31.2. The molecule has 1 aliphatic heterocycles. The standard InChI is InChI=1S/C38H49ClN6O6/c1-23-13-29(43-44-32(23)39)31(46)28-8-7-26(30(42-28)33(47)48)27-14-41-45(24(27)2)22-37-17-35(5)16-36(6,18-37)20-38(19-35,21-37)49-12-11-40-10-9-25-15-50-34(3,4)51-25/h7-8,13-14,25,40H,9-12,15-22H2,1-6H3,(H,47,48)/t25-,35-,36+,37?,38?/m0/s1. The van der Waals surface area contributed by atoms with Crippen LogP contribution in [0.2, 0.25) is 5.15 Å². The lowest BCUT2D eigenvalue weighted by molar-refractivity contribution is -0.247. The summed E-state index contributed by atoms with van der Waals surface area (Å²) in [7, 11) is 0. The molecule has 3 aromatic rings. The number of hydrogen-bond acceptors (Lipinski definition) is 10. The van der Waals surface area contributed by atoms with E-state index in [0.29, 0.717) is 29.9 Å². The minimum absolute atomic E-state index is 0.00818. The van der Waals surface area contributed by atoms with Gasteiger partial charge < -0.3 is 24.6 Å². The highest BCUT2D eigenvalue weighted by molar-refractivity contribution is 6.30. The van der Waals surface area contributed by atoms with Crippen LogP contribution in [-0.4, -0.2) is 85.6 Å². The first-order valence-electron chi connectivity index (χ1n) is 18.0.